The Morgan fingerprint density at radius 2 is 0.750 bits per heavy atom. The molecule has 0 aliphatic carbocycles. The summed E-state index contributed by atoms with van der Waals surface area (Å²) in [6.07, 6.45) is 7.49. The van der Waals surface area contributed by atoms with Gasteiger partial charge in [-0.2, -0.15) is 21.0 Å². The number of nitrogens with zero attached hydrogens (tertiary/aromatic N) is 6. The van der Waals surface area contributed by atoms with Gasteiger partial charge in [0, 0.05) is 50.7 Å². The average molecular weight is 673 g/mol. The van der Waals surface area contributed by atoms with Crippen molar-refractivity contribution in [2.45, 2.75) is 0 Å². The molecule has 0 fully saturated rings. The van der Waals surface area contributed by atoms with Gasteiger partial charge in [0.1, 0.15) is 35.4 Å². The lowest BCUT2D eigenvalue weighted by Crippen LogP contribution is -2.14. The van der Waals surface area contributed by atoms with E-state index in [1.807, 2.05) is 184 Å². The highest BCUT2D eigenvalue weighted by atomic mass is 15.1. The van der Waals surface area contributed by atoms with Crippen LogP contribution in [-0.2, 0) is 0 Å². The molecule has 0 saturated heterocycles. The number of anilines is 2. The maximum atomic E-state index is 9.88. The van der Waals surface area contributed by atoms with Crippen molar-refractivity contribution in [3.05, 3.63) is 167 Å². The zero-order valence-corrected chi connectivity index (χ0v) is 29.5. The molecule has 0 N–H and O–H groups in total. The molecule has 0 bridgehead atoms. The topological polar surface area (TPSA) is 102 Å². The molecule has 5 aromatic rings. The smallest absolute Gasteiger partial charge is 0.137 e. The van der Waals surface area contributed by atoms with Crippen LogP contribution >= 0.6 is 0 Å². The lowest BCUT2D eigenvalue weighted by Gasteiger charge is -2.22. The van der Waals surface area contributed by atoms with Crippen LogP contribution < -0.4 is 9.80 Å². The summed E-state index contributed by atoms with van der Waals surface area (Å²) in [6, 6.07) is 48.1. The number of hydrogen-bond donors (Lipinski definition) is 0. The highest BCUT2D eigenvalue weighted by Crippen LogP contribution is 2.34. The van der Waals surface area contributed by atoms with Gasteiger partial charge in [0.15, 0.2) is 0 Å². The quantitative estimate of drug-likeness (QED) is 0.108. The van der Waals surface area contributed by atoms with Crippen LogP contribution in [0, 0.1) is 45.3 Å². The molecule has 0 atom stereocenters. The summed E-state index contributed by atoms with van der Waals surface area (Å²) < 4.78 is 0. The molecule has 5 rings (SSSR count). The molecule has 0 spiro atoms. The molecule has 250 valence electrons. The highest BCUT2D eigenvalue weighted by molar-refractivity contribution is 5.91. The summed E-state index contributed by atoms with van der Waals surface area (Å²) in [6.45, 7) is 0. The number of benzene rings is 5. The maximum absolute atomic E-state index is 9.88. The third-order valence-corrected chi connectivity index (χ3v) is 8.59. The first-order chi connectivity index (χ1) is 25.3. The summed E-state index contributed by atoms with van der Waals surface area (Å²) in [4.78, 5) is 4.00. The van der Waals surface area contributed by atoms with Gasteiger partial charge in [-0.1, -0.05) is 133 Å². The standard InChI is InChI=1S/C46H36N6/c1-51(2)45-27-40(24-26-44(42(31-49)32-50)38-21-17-36(18-22-38)34-13-9-6-10-14-34)46(52(3)4)28-39(45)23-25-43(41(29-47)30-48)37-19-15-35(16-20-37)33-11-7-5-8-12-33/h5-28H,1-4H3/b25-23+,26-24+. The number of allylic oxidation sites excluding steroid dienone is 6. The largest absolute Gasteiger partial charge is 0.377 e. The molecule has 5 aromatic carbocycles. The zero-order chi connectivity index (χ0) is 37.0. The van der Waals surface area contributed by atoms with Crippen LogP contribution in [0.1, 0.15) is 22.3 Å². The molecule has 6 nitrogen and oxygen atoms in total. The van der Waals surface area contributed by atoms with E-state index in [1.165, 1.54) is 0 Å². The third kappa shape index (κ3) is 8.25. The van der Waals surface area contributed by atoms with E-state index in [4.69, 9.17) is 0 Å². The van der Waals surface area contributed by atoms with Crippen molar-refractivity contribution in [1.29, 1.82) is 21.0 Å². The van der Waals surface area contributed by atoms with Crippen LogP contribution in [-0.4, -0.2) is 28.2 Å². The first-order valence-corrected chi connectivity index (χ1v) is 16.6. The van der Waals surface area contributed by atoms with Gasteiger partial charge in [-0.25, -0.2) is 0 Å². The fraction of sp³-hybridized carbons (Fsp3) is 0.0870. The van der Waals surface area contributed by atoms with Crippen molar-refractivity contribution in [3.8, 4) is 46.5 Å². The second kappa shape index (κ2) is 16.8. The fourth-order valence-corrected chi connectivity index (χ4v) is 5.88. The third-order valence-electron chi connectivity index (χ3n) is 8.59. The average Bonchev–Trinajstić information content (AvgIpc) is 3.18. The minimum absolute atomic E-state index is 0.0180. The van der Waals surface area contributed by atoms with Crippen molar-refractivity contribution in [2.75, 3.05) is 38.0 Å². The molecule has 0 amide bonds. The van der Waals surface area contributed by atoms with Gasteiger partial charge >= 0.3 is 0 Å². The van der Waals surface area contributed by atoms with E-state index in [9.17, 15) is 21.0 Å². The summed E-state index contributed by atoms with van der Waals surface area (Å²) in [5, 5.41) is 39.5. The fourth-order valence-electron chi connectivity index (χ4n) is 5.88. The Bertz CT molecular complexity index is 2150. The molecular weight excluding hydrogens is 637 g/mol. The second-order valence-electron chi connectivity index (χ2n) is 12.3. The van der Waals surface area contributed by atoms with Gasteiger partial charge in [0.05, 0.1) is 0 Å². The van der Waals surface area contributed by atoms with Gasteiger partial charge in [-0.3, -0.25) is 0 Å². The number of rotatable bonds is 10. The van der Waals surface area contributed by atoms with Crippen LogP contribution in [0.4, 0.5) is 11.4 Å². The zero-order valence-electron chi connectivity index (χ0n) is 29.5. The Kier molecular flexibility index (Phi) is 11.6. The predicted octanol–water partition coefficient (Wildman–Crippen LogP) is 10.2. The van der Waals surface area contributed by atoms with Crippen molar-refractivity contribution >= 4 is 34.7 Å². The molecule has 0 radical (unpaired) electrons. The number of nitriles is 4. The molecule has 0 aliphatic rings. The van der Waals surface area contributed by atoms with Crippen molar-refractivity contribution < 1.29 is 0 Å². The molecule has 0 heterocycles. The van der Waals surface area contributed by atoms with Crippen LogP contribution in [0.3, 0.4) is 0 Å². The van der Waals surface area contributed by atoms with E-state index in [1.54, 1.807) is 0 Å². The van der Waals surface area contributed by atoms with Gasteiger partial charge in [-0.05, 0) is 56.6 Å². The molecule has 0 aliphatic heterocycles. The van der Waals surface area contributed by atoms with Crippen molar-refractivity contribution in [3.63, 3.8) is 0 Å². The first kappa shape index (κ1) is 35.9. The Balaban J connectivity index is 1.55. The monoisotopic (exact) mass is 672 g/mol. The first-order valence-electron chi connectivity index (χ1n) is 16.6. The Labute approximate surface area is 306 Å². The highest BCUT2D eigenvalue weighted by Gasteiger charge is 2.14. The summed E-state index contributed by atoms with van der Waals surface area (Å²) in [7, 11) is 7.81. The normalized spacial score (nSPS) is 10.5. The van der Waals surface area contributed by atoms with Crippen LogP contribution in [0.5, 0.6) is 0 Å². The second-order valence-corrected chi connectivity index (χ2v) is 12.3. The Morgan fingerprint density at radius 3 is 1.04 bits per heavy atom. The van der Waals surface area contributed by atoms with E-state index < -0.39 is 0 Å². The van der Waals surface area contributed by atoms with Crippen molar-refractivity contribution in [1.82, 2.24) is 0 Å². The molecular formula is C46H36N6. The molecule has 6 heteroatoms. The lowest BCUT2D eigenvalue weighted by atomic mass is 9.95. The molecule has 0 unspecified atom stereocenters. The maximum Gasteiger partial charge on any atom is 0.137 e. The van der Waals surface area contributed by atoms with Gasteiger partial charge in [0.25, 0.3) is 0 Å². The van der Waals surface area contributed by atoms with Gasteiger partial charge < -0.3 is 9.80 Å². The molecule has 0 aromatic heterocycles. The summed E-state index contributed by atoms with van der Waals surface area (Å²) >= 11 is 0. The van der Waals surface area contributed by atoms with Crippen molar-refractivity contribution in [2.24, 2.45) is 0 Å². The minimum Gasteiger partial charge on any atom is -0.377 e. The van der Waals surface area contributed by atoms with Gasteiger partial charge in [0.2, 0.25) is 0 Å². The molecule has 52 heavy (non-hydrogen) atoms. The van der Waals surface area contributed by atoms with Crippen LogP contribution in [0.2, 0.25) is 0 Å². The number of hydrogen-bond acceptors (Lipinski definition) is 6. The van der Waals surface area contributed by atoms with E-state index in [0.717, 1.165) is 55.9 Å². The van der Waals surface area contributed by atoms with Crippen LogP contribution in [0.25, 0.3) is 45.6 Å². The van der Waals surface area contributed by atoms with E-state index in [0.29, 0.717) is 11.1 Å². The lowest BCUT2D eigenvalue weighted by molar-refractivity contribution is 1.10. The van der Waals surface area contributed by atoms with E-state index >= 15 is 0 Å². The van der Waals surface area contributed by atoms with Gasteiger partial charge in [-0.15, -0.1) is 0 Å². The SMILES string of the molecule is CN(C)c1cc(/C=C/C(=C(C#N)C#N)c2ccc(-c3ccccc3)cc2)c(N(C)C)cc1/C=C/C(=C(C#N)C#N)c1ccc(-c2ccccc2)cc1. The minimum atomic E-state index is 0.0180. The summed E-state index contributed by atoms with van der Waals surface area (Å²) in [5.74, 6) is 0. The summed E-state index contributed by atoms with van der Waals surface area (Å²) in [5.41, 5.74) is 10.4. The van der Waals surface area contributed by atoms with E-state index in [2.05, 4.69) is 24.3 Å². The van der Waals surface area contributed by atoms with E-state index in [-0.39, 0.29) is 11.1 Å². The predicted molar refractivity (Wildman–Crippen MR) is 213 cm³/mol. The van der Waals surface area contributed by atoms with Crippen LogP contribution in [0.15, 0.2) is 145 Å². The Morgan fingerprint density at radius 1 is 0.442 bits per heavy atom. The molecule has 0 saturated carbocycles. The Hall–Kier alpha value is -7.38.